The number of aromatic nitrogens is 1. The van der Waals surface area contributed by atoms with Gasteiger partial charge in [0.2, 0.25) is 5.91 Å². The van der Waals surface area contributed by atoms with Gasteiger partial charge in [0.05, 0.1) is 6.54 Å². The predicted molar refractivity (Wildman–Crippen MR) is 100 cm³/mol. The lowest BCUT2D eigenvalue weighted by molar-refractivity contribution is -0.132. The van der Waals surface area contributed by atoms with Crippen LogP contribution in [0.5, 0.6) is 0 Å². The summed E-state index contributed by atoms with van der Waals surface area (Å²) in [6.07, 6.45) is 2.86. The number of benzene rings is 1. The van der Waals surface area contributed by atoms with E-state index < -0.39 is 0 Å². The molecule has 3 heterocycles. The number of furan rings is 1. The van der Waals surface area contributed by atoms with Crippen LogP contribution < -0.4 is 10.9 Å². The second-order valence-electron chi connectivity index (χ2n) is 7.01. The number of carbonyl (C=O) groups excluding carboxylic acids is 1. The van der Waals surface area contributed by atoms with Gasteiger partial charge in [-0.15, -0.1) is 0 Å². The van der Waals surface area contributed by atoms with Gasteiger partial charge in [-0.25, -0.2) is 5.43 Å². The number of fused-ring (bicyclic) bond motifs is 1. The molecule has 1 saturated heterocycles. The van der Waals surface area contributed by atoms with Gasteiger partial charge in [0.25, 0.3) is 0 Å². The van der Waals surface area contributed by atoms with Gasteiger partial charge in [0.15, 0.2) is 0 Å². The summed E-state index contributed by atoms with van der Waals surface area (Å²) < 4.78 is 7.80. The lowest BCUT2D eigenvalue weighted by atomic mass is 10.1. The molecule has 1 aliphatic rings. The molecule has 0 saturated carbocycles. The van der Waals surface area contributed by atoms with Crippen molar-refractivity contribution in [3.63, 3.8) is 0 Å². The fourth-order valence-electron chi connectivity index (χ4n) is 3.59. The average Bonchev–Trinajstić information content (AvgIpc) is 3.36. The van der Waals surface area contributed by atoms with Crippen molar-refractivity contribution in [2.45, 2.75) is 38.5 Å². The van der Waals surface area contributed by atoms with Crippen LogP contribution in [0.3, 0.4) is 0 Å². The number of hydrazine groups is 1. The second-order valence-corrected chi connectivity index (χ2v) is 7.01. The molecular formula is C20H24N4O2. The van der Waals surface area contributed by atoms with Crippen LogP contribution >= 0.6 is 0 Å². The topological polar surface area (TPSA) is 62.4 Å². The SMILES string of the molecule is Cc1ccc(CN(C)C(=O)C2CC(Cn3ccc4ccccc43)NN2)o1. The first-order chi connectivity index (χ1) is 12.6. The third kappa shape index (κ3) is 3.38. The summed E-state index contributed by atoms with van der Waals surface area (Å²) >= 11 is 0. The van der Waals surface area contributed by atoms with Crippen LogP contribution in [0.4, 0.5) is 0 Å². The zero-order valence-corrected chi connectivity index (χ0v) is 15.1. The third-order valence-electron chi connectivity index (χ3n) is 4.94. The molecule has 26 heavy (non-hydrogen) atoms. The Hall–Kier alpha value is -2.57. The van der Waals surface area contributed by atoms with E-state index in [0.717, 1.165) is 24.5 Å². The van der Waals surface area contributed by atoms with Crippen molar-refractivity contribution in [1.29, 1.82) is 0 Å². The van der Waals surface area contributed by atoms with Crippen molar-refractivity contribution in [2.24, 2.45) is 0 Å². The van der Waals surface area contributed by atoms with Gasteiger partial charge in [-0.05, 0) is 43.0 Å². The Balaban J connectivity index is 1.36. The fourth-order valence-corrected chi connectivity index (χ4v) is 3.59. The number of nitrogens with zero attached hydrogens (tertiary/aromatic N) is 2. The summed E-state index contributed by atoms with van der Waals surface area (Å²) in [4.78, 5) is 14.4. The summed E-state index contributed by atoms with van der Waals surface area (Å²) in [6.45, 7) is 3.21. The van der Waals surface area contributed by atoms with Gasteiger partial charge in [0, 0.05) is 31.3 Å². The highest BCUT2D eigenvalue weighted by molar-refractivity contribution is 5.82. The van der Waals surface area contributed by atoms with Gasteiger partial charge in [0.1, 0.15) is 17.6 Å². The fraction of sp³-hybridized carbons (Fsp3) is 0.350. The smallest absolute Gasteiger partial charge is 0.241 e. The normalized spacial score (nSPS) is 19.9. The predicted octanol–water partition coefficient (Wildman–Crippen LogP) is 2.44. The van der Waals surface area contributed by atoms with E-state index in [-0.39, 0.29) is 18.0 Å². The average molecular weight is 352 g/mol. The summed E-state index contributed by atoms with van der Waals surface area (Å²) in [5, 5.41) is 1.24. The monoisotopic (exact) mass is 352 g/mol. The molecule has 2 atom stereocenters. The first kappa shape index (κ1) is 16.9. The van der Waals surface area contributed by atoms with Crippen LogP contribution in [0.15, 0.2) is 53.1 Å². The quantitative estimate of drug-likeness (QED) is 0.740. The minimum atomic E-state index is -0.220. The number of amides is 1. The molecule has 1 amide bonds. The van der Waals surface area contributed by atoms with Gasteiger partial charge in [-0.2, -0.15) is 0 Å². The Morgan fingerprint density at radius 3 is 2.88 bits per heavy atom. The molecule has 0 spiro atoms. The number of carbonyl (C=O) groups is 1. The number of para-hydroxylation sites is 1. The standard InChI is InChI=1S/C20H24N4O2/c1-14-7-8-17(26-14)13-23(2)20(25)18-11-16(21-22-18)12-24-10-9-15-5-3-4-6-19(15)24/h3-10,16,18,21-22H,11-13H2,1-2H3. The van der Waals surface area contributed by atoms with E-state index in [1.807, 2.05) is 32.2 Å². The van der Waals surface area contributed by atoms with Crippen LogP contribution in [-0.2, 0) is 17.9 Å². The molecule has 6 nitrogen and oxygen atoms in total. The molecule has 2 aromatic heterocycles. The van der Waals surface area contributed by atoms with Gasteiger partial charge < -0.3 is 13.9 Å². The Bertz CT molecular complexity index is 913. The van der Waals surface area contributed by atoms with Crippen molar-refractivity contribution in [3.05, 3.63) is 60.2 Å². The maximum atomic E-state index is 12.7. The van der Waals surface area contributed by atoms with Crippen LogP contribution in [0.25, 0.3) is 10.9 Å². The van der Waals surface area contributed by atoms with E-state index in [1.54, 1.807) is 4.90 Å². The first-order valence-corrected chi connectivity index (χ1v) is 8.95. The number of hydrogen-bond acceptors (Lipinski definition) is 4. The maximum Gasteiger partial charge on any atom is 0.241 e. The highest BCUT2D eigenvalue weighted by Crippen LogP contribution is 2.18. The third-order valence-corrected chi connectivity index (χ3v) is 4.94. The lowest BCUT2D eigenvalue weighted by Crippen LogP contribution is -2.44. The molecule has 1 aliphatic heterocycles. The minimum absolute atomic E-state index is 0.0754. The molecule has 0 radical (unpaired) electrons. The summed E-state index contributed by atoms with van der Waals surface area (Å²) in [5.74, 6) is 1.74. The minimum Gasteiger partial charge on any atom is -0.464 e. The number of hydrogen-bond donors (Lipinski definition) is 2. The zero-order chi connectivity index (χ0) is 18.1. The number of rotatable bonds is 5. The van der Waals surface area contributed by atoms with E-state index >= 15 is 0 Å². The van der Waals surface area contributed by atoms with Crippen LogP contribution in [-0.4, -0.2) is 34.5 Å². The van der Waals surface area contributed by atoms with Crippen LogP contribution in [0, 0.1) is 6.92 Å². The lowest BCUT2D eigenvalue weighted by Gasteiger charge is -2.19. The van der Waals surface area contributed by atoms with E-state index in [4.69, 9.17) is 4.42 Å². The van der Waals surface area contributed by atoms with Crippen molar-refractivity contribution in [2.75, 3.05) is 7.05 Å². The van der Waals surface area contributed by atoms with Crippen molar-refractivity contribution < 1.29 is 9.21 Å². The van der Waals surface area contributed by atoms with E-state index in [0.29, 0.717) is 6.54 Å². The molecular weight excluding hydrogens is 328 g/mol. The molecule has 136 valence electrons. The van der Waals surface area contributed by atoms with E-state index in [9.17, 15) is 4.79 Å². The molecule has 3 aromatic rings. The highest BCUT2D eigenvalue weighted by Gasteiger charge is 2.31. The van der Waals surface area contributed by atoms with Gasteiger partial charge in [-0.1, -0.05) is 18.2 Å². The molecule has 2 N–H and O–H groups in total. The van der Waals surface area contributed by atoms with Gasteiger partial charge >= 0.3 is 0 Å². The van der Waals surface area contributed by atoms with Crippen molar-refractivity contribution in [3.8, 4) is 0 Å². The molecule has 0 aliphatic carbocycles. The number of nitrogens with one attached hydrogen (secondary N) is 2. The van der Waals surface area contributed by atoms with Crippen molar-refractivity contribution in [1.82, 2.24) is 20.3 Å². The van der Waals surface area contributed by atoms with Crippen LogP contribution in [0.2, 0.25) is 0 Å². The molecule has 2 unspecified atom stereocenters. The number of likely N-dealkylation sites (N-methyl/N-ethyl adjacent to an activating group) is 1. The highest BCUT2D eigenvalue weighted by atomic mass is 16.3. The van der Waals surface area contributed by atoms with E-state index in [1.165, 1.54) is 10.9 Å². The summed E-state index contributed by atoms with van der Waals surface area (Å²) in [6, 6.07) is 14.3. The molecule has 6 heteroatoms. The molecule has 1 aromatic carbocycles. The van der Waals surface area contributed by atoms with Crippen LogP contribution in [0.1, 0.15) is 17.9 Å². The Labute approximate surface area is 152 Å². The molecule has 4 rings (SSSR count). The molecule has 0 bridgehead atoms. The second kappa shape index (κ2) is 6.97. The zero-order valence-electron chi connectivity index (χ0n) is 15.1. The first-order valence-electron chi connectivity index (χ1n) is 8.95. The maximum absolute atomic E-state index is 12.7. The number of aryl methyl sites for hydroxylation is 1. The Kier molecular flexibility index (Phi) is 4.53. The van der Waals surface area contributed by atoms with E-state index in [2.05, 4.69) is 45.9 Å². The Morgan fingerprint density at radius 1 is 1.23 bits per heavy atom. The van der Waals surface area contributed by atoms with Crippen molar-refractivity contribution >= 4 is 16.8 Å². The summed E-state index contributed by atoms with van der Waals surface area (Å²) in [7, 11) is 1.81. The van der Waals surface area contributed by atoms with Gasteiger partial charge in [-0.3, -0.25) is 10.2 Å². The largest absolute Gasteiger partial charge is 0.464 e. The summed E-state index contributed by atoms with van der Waals surface area (Å²) in [5.41, 5.74) is 7.64. The molecule has 1 fully saturated rings. The Morgan fingerprint density at radius 2 is 2.08 bits per heavy atom.